The summed E-state index contributed by atoms with van der Waals surface area (Å²) in [4.78, 5) is 5.96. The van der Waals surface area contributed by atoms with Gasteiger partial charge in [-0.25, -0.2) is 0 Å². The minimum Gasteiger partial charge on any atom is -0.493 e. The van der Waals surface area contributed by atoms with Gasteiger partial charge in [0.15, 0.2) is 11.5 Å². The largest absolute Gasteiger partial charge is 0.493 e. The molecule has 4 saturated carbocycles. The van der Waals surface area contributed by atoms with Crippen LogP contribution in [0.2, 0.25) is 0 Å². The van der Waals surface area contributed by atoms with Crippen LogP contribution in [0.3, 0.4) is 0 Å². The smallest absolute Gasteiger partial charge is 0.165 e. The van der Waals surface area contributed by atoms with Crippen LogP contribution >= 0.6 is 0 Å². The number of azide groups is 1. The Morgan fingerprint density at radius 1 is 1.25 bits per heavy atom. The Balaban J connectivity index is 1.46. The van der Waals surface area contributed by atoms with E-state index in [0.29, 0.717) is 12.6 Å². The van der Waals surface area contributed by atoms with Crippen molar-refractivity contribution >= 4 is 0 Å². The molecule has 0 unspecified atom stereocenters. The molecule has 1 saturated heterocycles. The highest BCUT2D eigenvalue weighted by molar-refractivity contribution is 5.63. The molecule has 6 atom stereocenters. The van der Waals surface area contributed by atoms with Gasteiger partial charge in [-0.1, -0.05) is 11.2 Å². The molecule has 2 heterocycles. The average molecular weight is 437 g/mol. The van der Waals surface area contributed by atoms with Crippen molar-refractivity contribution in [3.63, 3.8) is 0 Å². The fourth-order valence-corrected chi connectivity index (χ4v) is 9.05. The molecule has 1 aromatic carbocycles. The number of hydrogen-bond donors (Lipinski definition) is 0. The van der Waals surface area contributed by atoms with Gasteiger partial charge in [0, 0.05) is 47.5 Å². The van der Waals surface area contributed by atoms with Gasteiger partial charge in [0.05, 0.1) is 7.11 Å². The molecule has 170 valence electrons. The summed E-state index contributed by atoms with van der Waals surface area (Å²) in [5.41, 5.74) is 11.7. The SMILES string of the molecule is COc1ccc2c3c1O[C@H]1[C@@]4(OC)CC[C@@]5(C[C@@H]4CN=[N+]=[N-])[C@@H](C2)N(CC2CC2)CC[C@]315. The quantitative estimate of drug-likeness (QED) is 0.380. The van der Waals surface area contributed by atoms with Gasteiger partial charge < -0.3 is 14.2 Å². The van der Waals surface area contributed by atoms with Gasteiger partial charge in [-0.3, -0.25) is 4.90 Å². The minimum atomic E-state index is -0.419. The van der Waals surface area contributed by atoms with Crippen LogP contribution < -0.4 is 9.47 Å². The number of benzene rings is 1. The van der Waals surface area contributed by atoms with Crippen molar-refractivity contribution in [1.82, 2.24) is 4.90 Å². The predicted octanol–water partition coefficient (Wildman–Crippen LogP) is 4.23. The number of nitrogens with zero attached hydrogens (tertiary/aromatic N) is 4. The third-order valence-corrected chi connectivity index (χ3v) is 10.4. The van der Waals surface area contributed by atoms with Gasteiger partial charge in [-0.15, -0.1) is 0 Å². The van der Waals surface area contributed by atoms with Crippen molar-refractivity contribution < 1.29 is 14.2 Å². The molecule has 5 aliphatic carbocycles. The van der Waals surface area contributed by atoms with E-state index in [1.807, 2.05) is 7.11 Å². The summed E-state index contributed by atoms with van der Waals surface area (Å²) < 4.78 is 19.2. The van der Waals surface area contributed by atoms with E-state index >= 15 is 0 Å². The Bertz CT molecular complexity index is 1040. The number of fused-ring (bicyclic) bond motifs is 2. The van der Waals surface area contributed by atoms with E-state index in [-0.39, 0.29) is 22.9 Å². The summed E-state index contributed by atoms with van der Waals surface area (Å²) in [6, 6.07) is 4.92. The second-order valence-electron chi connectivity index (χ2n) is 11.1. The molecular weight excluding hydrogens is 404 g/mol. The second-order valence-corrected chi connectivity index (χ2v) is 11.1. The molecule has 0 aromatic heterocycles. The first-order valence-electron chi connectivity index (χ1n) is 12.3. The topological polar surface area (TPSA) is 79.7 Å². The van der Waals surface area contributed by atoms with Gasteiger partial charge in [0.25, 0.3) is 0 Å². The van der Waals surface area contributed by atoms with Crippen molar-refractivity contribution in [3.8, 4) is 11.5 Å². The summed E-state index contributed by atoms with van der Waals surface area (Å²) in [5.74, 6) is 2.87. The monoisotopic (exact) mass is 436 g/mol. The zero-order chi connectivity index (χ0) is 21.7. The molecule has 0 N–H and O–H groups in total. The Labute approximate surface area is 189 Å². The van der Waals surface area contributed by atoms with Gasteiger partial charge in [0.1, 0.15) is 11.7 Å². The lowest BCUT2D eigenvalue weighted by molar-refractivity contribution is -0.275. The lowest BCUT2D eigenvalue weighted by atomic mass is 9.35. The number of rotatable bonds is 6. The number of ether oxygens (including phenoxy) is 3. The van der Waals surface area contributed by atoms with Crippen LogP contribution in [0.15, 0.2) is 17.2 Å². The van der Waals surface area contributed by atoms with E-state index in [2.05, 4.69) is 27.1 Å². The average Bonchev–Trinajstić information content (AvgIpc) is 3.56. The maximum atomic E-state index is 9.12. The van der Waals surface area contributed by atoms with Crippen LogP contribution in [0.4, 0.5) is 0 Å². The van der Waals surface area contributed by atoms with Crippen molar-refractivity contribution in [3.05, 3.63) is 33.7 Å². The van der Waals surface area contributed by atoms with Gasteiger partial charge in [-0.05, 0) is 80.5 Å². The first kappa shape index (κ1) is 19.5. The van der Waals surface area contributed by atoms with E-state index < -0.39 is 5.60 Å². The van der Waals surface area contributed by atoms with Crippen molar-refractivity contribution in [2.45, 2.75) is 68.1 Å². The standard InChI is InChI=1S/C25H32N4O3/c1-30-18-6-5-16-11-19-23-7-8-25(31-2,17(12-23)13-27-28-26)22-24(23,20(16)21(18)32-22)9-10-29(19)14-15-3-4-15/h5-6,15,17,19,22H,3-4,7-14H2,1-2H3/t17-,19-,22-,23-,24+,25-/m1/s1. The highest BCUT2D eigenvalue weighted by atomic mass is 16.6. The van der Waals surface area contributed by atoms with Crippen molar-refractivity contribution in [1.29, 1.82) is 0 Å². The van der Waals surface area contributed by atoms with Gasteiger partial charge in [-0.2, -0.15) is 0 Å². The maximum absolute atomic E-state index is 9.12. The Morgan fingerprint density at radius 3 is 2.88 bits per heavy atom. The molecule has 2 aliphatic heterocycles. The lowest BCUT2D eigenvalue weighted by Gasteiger charge is -2.74. The summed E-state index contributed by atoms with van der Waals surface area (Å²) in [7, 11) is 3.58. The number of likely N-dealkylation sites (tertiary alicyclic amines) is 1. The molecule has 8 rings (SSSR count). The van der Waals surface area contributed by atoms with Crippen LogP contribution in [-0.4, -0.2) is 56.5 Å². The van der Waals surface area contributed by atoms with Gasteiger partial charge >= 0.3 is 0 Å². The van der Waals surface area contributed by atoms with E-state index in [1.54, 1.807) is 7.11 Å². The van der Waals surface area contributed by atoms with Crippen LogP contribution in [-0.2, 0) is 16.6 Å². The van der Waals surface area contributed by atoms with E-state index in [4.69, 9.17) is 19.7 Å². The zero-order valence-corrected chi connectivity index (χ0v) is 19.0. The van der Waals surface area contributed by atoms with Crippen molar-refractivity contribution in [2.75, 3.05) is 33.9 Å². The lowest BCUT2D eigenvalue weighted by Crippen LogP contribution is -2.81. The number of hydrogen-bond acceptors (Lipinski definition) is 5. The summed E-state index contributed by atoms with van der Waals surface area (Å²) in [5, 5.41) is 4.06. The van der Waals surface area contributed by atoms with Crippen LogP contribution in [0, 0.1) is 17.3 Å². The normalized spacial score (nSPS) is 42.8. The molecule has 0 amide bonds. The molecule has 0 radical (unpaired) electrons. The summed E-state index contributed by atoms with van der Waals surface area (Å²) in [6.45, 7) is 2.86. The third kappa shape index (κ3) is 2.05. The minimum absolute atomic E-state index is 0.0315. The highest BCUT2D eigenvalue weighted by Crippen LogP contribution is 2.76. The molecule has 7 aliphatic rings. The molecule has 7 heteroatoms. The first-order chi connectivity index (χ1) is 15.6. The molecule has 1 aromatic rings. The molecule has 4 bridgehead atoms. The molecule has 7 nitrogen and oxygen atoms in total. The molecule has 5 fully saturated rings. The summed E-state index contributed by atoms with van der Waals surface area (Å²) >= 11 is 0. The van der Waals surface area contributed by atoms with E-state index in [9.17, 15) is 0 Å². The van der Waals surface area contributed by atoms with E-state index in [0.717, 1.165) is 56.1 Å². The van der Waals surface area contributed by atoms with E-state index in [1.165, 1.54) is 30.5 Å². The highest BCUT2D eigenvalue weighted by Gasteiger charge is 2.80. The predicted molar refractivity (Wildman–Crippen MR) is 119 cm³/mol. The van der Waals surface area contributed by atoms with Gasteiger partial charge in [0.2, 0.25) is 0 Å². The summed E-state index contributed by atoms with van der Waals surface area (Å²) in [6.07, 6.45) is 8.13. The Kier molecular flexibility index (Phi) is 3.87. The fourth-order valence-electron chi connectivity index (χ4n) is 9.05. The number of piperidine rings is 1. The number of methoxy groups -OCH3 is 2. The maximum Gasteiger partial charge on any atom is 0.165 e. The first-order valence-corrected chi connectivity index (χ1v) is 12.3. The van der Waals surface area contributed by atoms with Crippen molar-refractivity contribution in [2.24, 2.45) is 22.4 Å². The van der Waals surface area contributed by atoms with Crippen LogP contribution in [0.5, 0.6) is 11.5 Å². The van der Waals surface area contributed by atoms with Crippen LogP contribution in [0.25, 0.3) is 10.4 Å². The molecule has 2 spiro atoms. The van der Waals surface area contributed by atoms with Crippen LogP contribution in [0.1, 0.15) is 49.7 Å². The Morgan fingerprint density at radius 2 is 2.12 bits per heavy atom. The molecule has 32 heavy (non-hydrogen) atoms. The fraction of sp³-hybridized carbons (Fsp3) is 0.760. The zero-order valence-electron chi connectivity index (χ0n) is 19.0. The molecular formula is C25H32N4O3. The second kappa shape index (κ2) is 6.34. The Hall–Kier alpha value is -1.95. The third-order valence-electron chi connectivity index (χ3n) is 10.4.